The van der Waals surface area contributed by atoms with Crippen molar-refractivity contribution in [3.8, 4) is 0 Å². The van der Waals surface area contributed by atoms with Gasteiger partial charge in [-0.3, -0.25) is 9.69 Å². The Balaban J connectivity index is 1.70. The Morgan fingerprint density at radius 3 is 2.68 bits per heavy atom. The number of rotatable bonds is 7. The molecular weight excluding hydrogens is 240 g/mol. The van der Waals surface area contributed by atoms with Gasteiger partial charge in [0.2, 0.25) is 5.91 Å². The van der Waals surface area contributed by atoms with E-state index in [-0.39, 0.29) is 11.8 Å². The van der Waals surface area contributed by atoms with E-state index in [9.17, 15) is 4.79 Å². The molecule has 1 saturated carbocycles. The Kier molecular flexibility index (Phi) is 5.22. The van der Waals surface area contributed by atoms with Gasteiger partial charge in [-0.25, -0.2) is 0 Å². The third-order valence-electron chi connectivity index (χ3n) is 4.61. The zero-order chi connectivity index (χ0) is 13.8. The van der Waals surface area contributed by atoms with Crippen LogP contribution < -0.4 is 5.32 Å². The summed E-state index contributed by atoms with van der Waals surface area (Å²) >= 11 is 0. The number of aliphatic hydroxyl groups is 1. The summed E-state index contributed by atoms with van der Waals surface area (Å²) in [6.07, 6.45) is 5.62. The standard InChI is InChI=1S/C15H28N2O2/c1-11(2)15(19)16-14-9-13-8-12(14)10-17(13)6-4-3-5-7-18/h11-14,18H,3-10H2,1-2H3,(H,16,19). The smallest absolute Gasteiger partial charge is 0.222 e. The van der Waals surface area contributed by atoms with Crippen LogP contribution in [0.3, 0.4) is 0 Å². The minimum absolute atomic E-state index is 0.0914. The molecule has 1 aliphatic heterocycles. The first kappa shape index (κ1) is 14.8. The van der Waals surface area contributed by atoms with Gasteiger partial charge in [-0.2, -0.15) is 0 Å². The van der Waals surface area contributed by atoms with Gasteiger partial charge in [0.05, 0.1) is 0 Å². The van der Waals surface area contributed by atoms with Gasteiger partial charge in [-0.15, -0.1) is 0 Å². The van der Waals surface area contributed by atoms with Gasteiger partial charge in [-0.1, -0.05) is 13.8 Å². The molecule has 1 amide bonds. The van der Waals surface area contributed by atoms with Gasteiger partial charge in [0.15, 0.2) is 0 Å². The molecule has 1 heterocycles. The van der Waals surface area contributed by atoms with E-state index in [0.29, 0.717) is 24.6 Å². The first-order chi connectivity index (χ1) is 9.11. The summed E-state index contributed by atoms with van der Waals surface area (Å²) in [5, 5.41) is 12.0. The van der Waals surface area contributed by atoms with E-state index < -0.39 is 0 Å². The molecular formula is C15H28N2O2. The lowest BCUT2D eigenvalue weighted by Crippen LogP contribution is -2.47. The summed E-state index contributed by atoms with van der Waals surface area (Å²) in [6, 6.07) is 1.09. The molecule has 0 aromatic carbocycles. The molecule has 0 aromatic rings. The van der Waals surface area contributed by atoms with E-state index in [1.807, 2.05) is 13.8 Å². The summed E-state index contributed by atoms with van der Waals surface area (Å²) in [4.78, 5) is 14.3. The van der Waals surface area contributed by atoms with Crippen molar-refractivity contribution in [1.29, 1.82) is 0 Å². The third-order valence-corrected chi connectivity index (χ3v) is 4.61. The van der Waals surface area contributed by atoms with E-state index in [0.717, 1.165) is 32.4 Å². The van der Waals surface area contributed by atoms with Crippen LogP contribution in [0, 0.1) is 11.8 Å². The number of piperidine rings is 1. The van der Waals surface area contributed by atoms with Crippen LogP contribution in [0.2, 0.25) is 0 Å². The molecule has 0 radical (unpaired) electrons. The Labute approximate surface area is 116 Å². The largest absolute Gasteiger partial charge is 0.396 e. The lowest BCUT2D eigenvalue weighted by atomic mass is 10.0. The highest BCUT2D eigenvalue weighted by Crippen LogP contribution is 2.38. The van der Waals surface area contributed by atoms with Crippen molar-refractivity contribution in [2.24, 2.45) is 11.8 Å². The number of nitrogens with zero attached hydrogens (tertiary/aromatic N) is 1. The average molecular weight is 268 g/mol. The molecule has 2 fully saturated rings. The lowest BCUT2D eigenvalue weighted by molar-refractivity contribution is -0.125. The summed E-state index contributed by atoms with van der Waals surface area (Å²) in [5.41, 5.74) is 0. The normalized spacial score (nSPS) is 30.2. The van der Waals surface area contributed by atoms with Crippen LogP contribution in [-0.4, -0.2) is 47.7 Å². The predicted molar refractivity (Wildman–Crippen MR) is 75.8 cm³/mol. The average Bonchev–Trinajstić information content (AvgIpc) is 2.94. The summed E-state index contributed by atoms with van der Waals surface area (Å²) in [6.45, 7) is 6.53. The second-order valence-corrected chi connectivity index (χ2v) is 6.43. The van der Waals surface area contributed by atoms with Crippen LogP contribution in [0.1, 0.15) is 46.0 Å². The third kappa shape index (κ3) is 3.69. The minimum atomic E-state index is 0.0914. The molecule has 2 N–H and O–H groups in total. The van der Waals surface area contributed by atoms with Gasteiger partial charge < -0.3 is 10.4 Å². The Morgan fingerprint density at radius 1 is 1.32 bits per heavy atom. The SMILES string of the molecule is CC(C)C(=O)NC1CC2CC1CN2CCCCCO. The topological polar surface area (TPSA) is 52.6 Å². The number of nitrogens with one attached hydrogen (secondary N) is 1. The Bertz CT molecular complexity index is 307. The van der Waals surface area contributed by atoms with E-state index in [2.05, 4.69) is 10.2 Å². The lowest BCUT2D eigenvalue weighted by Gasteiger charge is -2.32. The Morgan fingerprint density at radius 2 is 2.11 bits per heavy atom. The molecule has 0 aromatic heterocycles. The maximum atomic E-state index is 11.8. The molecule has 4 nitrogen and oxygen atoms in total. The fourth-order valence-corrected chi connectivity index (χ4v) is 3.45. The van der Waals surface area contributed by atoms with Gasteiger partial charge in [0.1, 0.15) is 0 Å². The van der Waals surface area contributed by atoms with Crippen LogP contribution in [-0.2, 0) is 4.79 Å². The zero-order valence-corrected chi connectivity index (χ0v) is 12.3. The molecule has 110 valence electrons. The maximum Gasteiger partial charge on any atom is 0.222 e. The van der Waals surface area contributed by atoms with Crippen molar-refractivity contribution in [3.63, 3.8) is 0 Å². The molecule has 2 bridgehead atoms. The second kappa shape index (κ2) is 6.71. The van der Waals surface area contributed by atoms with Crippen molar-refractivity contribution >= 4 is 5.91 Å². The van der Waals surface area contributed by atoms with Crippen LogP contribution in [0.15, 0.2) is 0 Å². The minimum Gasteiger partial charge on any atom is -0.396 e. The number of fused-ring (bicyclic) bond motifs is 2. The molecule has 0 spiro atoms. The second-order valence-electron chi connectivity index (χ2n) is 6.43. The number of hydrogen-bond donors (Lipinski definition) is 2. The van der Waals surface area contributed by atoms with E-state index in [1.165, 1.54) is 12.8 Å². The molecule has 3 unspecified atom stereocenters. The summed E-state index contributed by atoms with van der Waals surface area (Å²) < 4.78 is 0. The number of unbranched alkanes of at least 4 members (excludes halogenated alkanes) is 2. The molecule has 4 heteroatoms. The quantitative estimate of drug-likeness (QED) is 0.686. The van der Waals surface area contributed by atoms with Crippen LogP contribution in [0.5, 0.6) is 0 Å². The van der Waals surface area contributed by atoms with Crippen molar-refractivity contribution in [3.05, 3.63) is 0 Å². The zero-order valence-electron chi connectivity index (χ0n) is 12.3. The molecule has 19 heavy (non-hydrogen) atoms. The highest BCUT2D eigenvalue weighted by Gasteiger charge is 2.44. The Hall–Kier alpha value is -0.610. The number of hydrogen-bond acceptors (Lipinski definition) is 3. The highest BCUT2D eigenvalue weighted by atomic mass is 16.2. The number of aliphatic hydroxyl groups excluding tert-OH is 1. The maximum absolute atomic E-state index is 11.8. The van der Waals surface area contributed by atoms with Crippen molar-refractivity contribution in [2.45, 2.75) is 58.0 Å². The number of carbonyl (C=O) groups is 1. The van der Waals surface area contributed by atoms with Gasteiger partial charge in [0, 0.05) is 31.2 Å². The fourth-order valence-electron chi connectivity index (χ4n) is 3.45. The molecule has 2 aliphatic rings. The van der Waals surface area contributed by atoms with Crippen molar-refractivity contribution in [2.75, 3.05) is 19.7 Å². The summed E-state index contributed by atoms with van der Waals surface area (Å²) in [7, 11) is 0. The molecule has 1 saturated heterocycles. The highest BCUT2D eigenvalue weighted by molar-refractivity contribution is 5.78. The van der Waals surface area contributed by atoms with Crippen LogP contribution in [0.25, 0.3) is 0 Å². The van der Waals surface area contributed by atoms with E-state index in [1.54, 1.807) is 0 Å². The van der Waals surface area contributed by atoms with Crippen molar-refractivity contribution < 1.29 is 9.90 Å². The molecule has 1 aliphatic carbocycles. The summed E-state index contributed by atoms with van der Waals surface area (Å²) in [5.74, 6) is 0.950. The monoisotopic (exact) mass is 268 g/mol. The van der Waals surface area contributed by atoms with Crippen LogP contribution in [0.4, 0.5) is 0 Å². The van der Waals surface area contributed by atoms with Crippen molar-refractivity contribution in [1.82, 2.24) is 10.2 Å². The first-order valence-electron chi connectivity index (χ1n) is 7.77. The predicted octanol–water partition coefficient (Wildman–Crippen LogP) is 1.38. The van der Waals surface area contributed by atoms with E-state index in [4.69, 9.17) is 5.11 Å². The number of amides is 1. The van der Waals surface area contributed by atoms with Gasteiger partial charge >= 0.3 is 0 Å². The number of carbonyl (C=O) groups excluding carboxylic acids is 1. The van der Waals surface area contributed by atoms with Gasteiger partial charge in [-0.05, 0) is 44.6 Å². The van der Waals surface area contributed by atoms with E-state index >= 15 is 0 Å². The molecule has 2 rings (SSSR count). The van der Waals surface area contributed by atoms with Gasteiger partial charge in [0.25, 0.3) is 0 Å². The van der Waals surface area contributed by atoms with Crippen LogP contribution >= 0.6 is 0 Å². The molecule has 3 atom stereocenters. The fraction of sp³-hybridized carbons (Fsp3) is 0.933. The first-order valence-corrected chi connectivity index (χ1v) is 7.77. The number of likely N-dealkylation sites (tertiary alicyclic amines) is 1.